The smallest absolute Gasteiger partial charge is 0.257 e. The number of carbonyl (C=O) groups excluding carboxylic acids is 1. The van der Waals surface area contributed by atoms with Gasteiger partial charge in [-0.2, -0.15) is 0 Å². The van der Waals surface area contributed by atoms with E-state index in [1.54, 1.807) is 29.2 Å². The molecule has 0 spiro atoms. The predicted octanol–water partition coefficient (Wildman–Crippen LogP) is 4.40. The summed E-state index contributed by atoms with van der Waals surface area (Å²) >= 11 is 0. The number of benzene rings is 3. The molecule has 0 unspecified atom stereocenters. The molecule has 0 aliphatic carbocycles. The van der Waals surface area contributed by atoms with Gasteiger partial charge in [0, 0.05) is 13.1 Å². The van der Waals surface area contributed by atoms with Gasteiger partial charge in [-0.1, -0.05) is 54.6 Å². The maximum Gasteiger partial charge on any atom is 0.257 e. The molecule has 0 aliphatic rings. The van der Waals surface area contributed by atoms with Crippen molar-refractivity contribution >= 4 is 5.91 Å². The van der Waals surface area contributed by atoms with E-state index in [1.165, 1.54) is 12.1 Å². The monoisotopic (exact) mass is 392 g/mol. The Morgan fingerprint density at radius 2 is 1.59 bits per heavy atom. The molecule has 5 heteroatoms. The van der Waals surface area contributed by atoms with E-state index in [4.69, 9.17) is 10.5 Å². The van der Waals surface area contributed by atoms with Crippen LogP contribution in [0.2, 0.25) is 0 Å². The van der Waals surface area contributed by atoms with Gasteiger partial charge in [0.1, 0.15) is 18.2 Å². The van der Waals surface area contributed by atoms with E-state index in [0.29, 0.717) is 44.0 Å². The molecule has 0 bridgehead atoms. The summed E-state index contributed by atoms with van der Waals surface area (Å²) < 4.78 is 19.2. The molecule has 0 saturated carbocycles. The molecule has 0 aliphatic heterocycles. The summed E-state index contributed by atoms with van der Waals surface area (Å²) in [5.41, 5.74) is 8.05. The second-order valence-electron chi connectivity index (χ2n) is 6.77. The van der Waals surface area contributed by atoms with Gasteiger partial charge in [0.25, 0.3) is 5.91 Å². The van der Waals surface area contributed by atoms with Gasteiger partial charge in [-0.25, -0.2) is 4.39 Å². The number of para-hydroxylation sites is 1. The highest BCUT2D eigenvalue weighted by atomic mass is 19.1. The number of carbonyl (C=O) groups is 1. The predicted molar refractivity (Wildman–Crippen MR) is 112 cm³/mol. The van der Waals surface area contributed by atoms with Gasteiger partial charge in [-0.15, -0.1) is 0 Å². The quantitative estimate of drug-likeness (QED) is 0.587. The van der Waals surface area contributed by atoms with Crippen molar-refractivity contribution in [3.05, 3.63) is 101 Å². The molecule has 2 N–H and O–H groups in total. The molecule has 0 fully saturated rings. The van der Waals surface area contributed by atoms with Gasteiger partial charge in [0.15, 0.2) is 0 Å². The van der Waals surface area contributed by atoms with Gasteiger partial charge < -0.3 is 15.4 Å². The van der Waals surface area contributed by atoms with E-state index >= 15 is 0 Å². The van der Waals surface area contributed by atoms with Crippen molar-refractivity contribution in [2.45, 2.75) is 19.6 Å². The minimum absolute atomic E-state index is 0.133. The zero-order valence-corrected chi connectivity index (χ0v) is 16.3. The number of nitrogens with zero attached hydrogens (tertiary/aromatic N) is 1. The Balaban J connectivity index is 1.78. The number of nitrogens with two attached hydrogens (primary N) is 1. The van der Waals surface area contributed by atoms with Crippen molar-refractivity contribution in [1.82, 2.24) is 4.90 Å². The third-order valence-electron chi connectivity index (χ3n) is 4.56. The summed E-state index contributed by atoms with van der Waals surface area (Å²) in [5.74, 6) is 0.109. The maximum absolute atomic E-state index is 13.3. The highest BCUT2D eigenvalue weighted by molar-refractivity contribution is 5.96. The highest BCUT2D eigenvalue weighted by Crippen LogP contribution is 2.22. The molecule has 0 aromatic heterocycles. The van der Waals surface area contributed by atoms with Crippen LogP contribution in [0.1, 0.15) is 27.9 Å². The van der Waals surface area contributed by atoms with Crippen molar-refractivity contribution in [2.24, 2.45) is 5.73 Å². The van der Waals surface area contributed by atoms with Crippen LogP contribution in [0.15, 0.2) is 78.9 Å². The van der Waals surface area contributed by atoms with Crippen molar-refractivity contribution in [2.75, 3.05) is 13.1 Å². The van der Waals surface area contributed by atoms with Crippen molar-refractivity contribution in [3.8, 4) is 5.75 Å². The van der Waals surface area contributed by atoms with E-state index in [-0.39, 0.29) is 11.7 Å². The van der Waals surface area contributed by atoms with E-state index in [1.807, 2.05) is 42.5 Å². The molecule has 0 atom stereocenters. The molecule has 0 radical (unpaired) electrons. The Morgan fingerprint density at radius 3 is 2.31 bits per heavy atom. The number of rotatable bonds is 9. The summed E-state index contributed by atoms with van der Waals surface area (Å²) in [6, 6.07) is 23.2. The van der Waals surface area contributed by atoms with Crippen LogP contribution in [0.25, 0.3) is 0 Å². The van der Waals surface area contributed by atoms with E-state index < -0.39 is 0 Å². The molecule has 0 saturated heterocycles. The SMILES string of the molecule is NCCCN(Cc1ccc(F)cc1)C(=O)c1ccccc1OCc1ccccc1. The number of amides is 1. The molecule has 29 heavy (non-hydrogen) atoms. The number of halogens is 1. The van der Waals surface area contributed by atoms with Crippen LogP contribution in [0.4, 0.5) is 4.39 Å². The topological polar surface area (TPSA) is 55.6 Å². The normalized spacial score (nSPS) is 10.6. The second-order valence-corrected chi connectivity index (χ2v) is 6.77. The lowest BCUT2D eigenvalue weighted by Gasteiger charge is -2.24. The Labute approximate surface area is 170 Å². The van der Waals surface area contributed by atoms with E-state index in [0.717, 1.165) is 11.1 Å². The van der Waals surface area contributed by atoms with Crippen LogP contribution in [-0.4, -0.2) is 23.9 Å². The fraction of sp³-hybridized carbons (Fsp3) is 0.208. The van der Waals surface area contributed by atoms with Crippen LogP contribution >= 0.6 is 0 Å². The fourth-order valence-corrected chi connectivity index (χ4v) is 3.02. The number of hydrogen-bond donors (Lipinski definition) is 1. The standard InChI is InChI=1S/C24H25FN2O2/c25-21-13-11-19(12-14-21)17-27(16-6-15-26)24(28)22-9-4-5-10-23(22)29-18-20-7-2-1-3-8-20/h1-5,7-14H,6,15-18,26H2. The van der Waals surface area contributed by atoms with Crippen molar-refractivity contribution in [1.29, 1.82) is 0 Å². The van der Waals surface area contributed by atoms with Crippen LogP contribution in [0.3, 0.4) is 0 Å². The molecule has 1 amide bonds. The average molecular weight is 392 g/mol. The first-order valence-electron chi connectivity index (χ1n) is 9.67. The lowest BCUT2D eigenvalue weighted by atomic mass is 10.1. The van der Waals surface area contributed by atoms with Crippen molar-refractivity contribution < 1.29 is 13.9 Å². The van der Waals surface area contributed by atoms with Gasteiger partial charge in [-0.05, 0) is 48.4 Å². The Morgan fingerprint density at radius 1 is 0.897 bits per heavy atom. The molecular formula is C24H25FN2O2. The maximum atomic E-state index is 13.3. The third-order valence-corrected chi connectivity index (χ3v) is 4.56. The molecule has 4 nitrogen and oxygen atoms in total. The summed E-state index contributed by atoms with van der Waals surface area (Å²) in [5, 5.41) is 0. The highest BCUT2D eigenvalue weighted by Gasteiger charge is 2.20. The minimum atomic E-state index is -0.298. The Hall–Kier alpha value is -3.18. The molecule has 3 aromatic rings. The van der Waals surface area contributed by atoms with Gasteiger partial charge >= 0.3 is 0 Å². The van der Waals surface area contributed by atoms with Crippen LogP contribution in [-0.2, 0) is 13.2 Å². The zero-order chi connectivity index (χ0) is 20.5. The van der Waals surface area contributed by atoms with E-state index in [2.05, 4.69) is 0 Å². The molecule has 3 rings (SSSR count). The van der Waals surface area contributed by atoms with Gasteiger partial charge in [0.2, 0.25) is 0 Å². The van der Waals surface area contributed by atoms with Crippen molar-refractivity contribution in [3.63, 3.8) is 0 Å². The molecule has 3 aromatic carbocycles. The second kappa shape index (κ2) is 10.4. The first kappa shape index (κ1) is 20.6. The largest absolute Gasteiger partial charge is 0.488 e. The molecular weight excluding hydrogens is 367 g/mol. The average Bonchev–Trinajstić information content (AvgIpc) is 2.77. The third kappa shape index (κ3) is 5.90. The minimum Gasteiger partial charge on any atom is -0.488 e. The first-order valence-corrected chi connectivity index (χ1v) is 9.67. The van der Waals surface area contributed by atoms with Gasteiger partial charge in [-0.3, -0.25) is 4.79 Å². The number of ether oxygens (including phenoxy) is 1. The zero-order valence-electron chi connectivity index (χ0n) is 16.3. The lowest BCUT2D eigenvalue weighted by molar-refractivity contribution is 0.0737. The lowest BCUT2D eigenvalue weighted by Crippen LogP contribution is -2.32. The summed E-state index contributed by atoms with van der Waals surface area (Å²) in [7, 11) is 0. The molecule has 0 heterocycles. The Bertz CT molecular complexity index is 914. The summed E-state index contributed by atoms with van der Waals surface area (Å²) in [4.78, 5) is 15.0. The molecule has 150 valence electrons. The summed E-state index contributed by atoms with van der Waals surface area (Å²) in [6.45, 7) is 1.76. The van der Waals surface area contributed by atoms with Crippen LogP contribution in [0, 0.1) is 5.82 Å². The van der Waals surface area contributed by atoms with Gasteiger partial charge in [0.05, 0.1) is 5.56 Å². The van der Waals surface area contributed by atoms with E-state index in [9.17, 15) is 9.18 Å². The van der Waals surface area contributed by atoms with Crippen LogP contribution < -0.4 is 10.5 Å². The fourth-order valence-electron chi connectivity index (χ4n) is 3.02. The first-order chi connectivity index (χ1) is 14.2. The summed E-state index contributed by atoms with van der Waals surface area (Å²) in [6.07, 6.45) is 0.681. The van der Waals surface area contributed by atoms with Crippen LogP contribution in [0.5, 0.6) is 5.75 Å². The Kier molecular flexibility index (Phi) is 7.36. The number of hydrogen-bond acceptors (Lipinski definition) is 3.